The number of carbonyl (C=O) groups excluding carboxylic acids is 3. The number of nitrogens with zero attached hydrogens (tertiary/aromatic N) is 2. The Bertz CT molecular complexity index is 655. The van der Waals surface area contributed by atoms with Crippen molar-refractivity contribution >= 4 is 29.0 Å². The number of imide groups is 1. The summed E-state index contributed by atoms with van der Waals surface area (Å²) in [6.07, 6.45) is 0. The summed E-state index contributed by atoms with van der Waals surface area (Å²) in [7, 11) is 0. The molecule has 110 valence electrons. The molecular formula is C13H13N3O5. The lowest BCUT2D eigenvalue weighted by Crippen LogP contribution is -2.57. The van der Waals surface area contributed by atoms with E-state index >= 15 is 0 Å². The van der Waals surface area contributed by atoms with Crippen LogP contribution in [0.25, 0.3) is 0 Å². The van der Waals surface area contributed by atoms with Crippen molar-refractivity contribution < 1.29 is 19.3 Å². The molecule has 1 atom stereocenters. The average Bonchev–Trinajstić information content (AvgIpc) is 2.42. The highest BCUT2D eigenvalue weighted by Gasteiger charge is 2.31. The molecule has 1 heterocycles. The maximum absolute atomic E-state index is 11.6. The Hall–Kier alpha value is -2.77. The first-order valence-electron chi connectivity index (χ1n) is 6.21. The van der Waals surface area contributed by atoms with Crippen LogP contribution in [0.5, 0.6) is 0 Å². The number of Topliss-reactive ketones (excluding diaryl/α,β-unsaturated/α-hetero) is 1. The SMILES string of the molecule is CC(=O)c1ccc(N2CC(=O)NC(=O)C2C)cc1[N+](=O)[O-]. The third-order valence-electron chi connectivity index (χ3n) is 3.31. The van der Waals surface area contributed by atoms with Gasteiger partial charge in [-0.05, 0) is 26.0 Å². The molecule has 2 amide bonds. The van der Waals surface area contributed by atoms with Crippen molar-refractivity contribution in [2.24, 2.45) is 0 Å². The highest BCUT2D eigenvalue weighted by Crippen LogP contribution is 2.28. The minimum absolute atomic E-state index is 0.0100. The summed E-state index contributed by atoms with van der Waals surface area (Å²) in [6, 6.07) is 3.40. The van der Waals surface area contributed by atoms with Crippen LogP contribution >= 0.6 is 0 Å². The Morgan fingerprint density at radius 1 is 1.43 bits per heavy atom. The highest BCUT2D eigenvalue weighted by atomic mass is 16.6. The number of nitrogens with one attached hydrogen (secondary N) is 1. The lowest BCUT2D eigenvalue weighted by atomic mass is 10.1. The number of hydrogen-bond acceptors (Lipinski definition) is 6. The number of anilines is 1. The molecule has 1 N–H and O–H groups in total. The second kappa shape index (κ2) is 5.31. The summed E-state index contributed by atoms with van der Waals surface area (Å²) >= 11 is 0. The van der Waals surface area contributed by atoms with Crippen LogP contribution in [0.1, 0.15) is 24.2 Å². The van der Waals surface area contributed by atoms with Crippen molar-refractivity contribution in [3.63, 3.8) is 0 Å². The summed E-state index contributed by atoms with van der Waals surface area (Å²) in [5, 5.41) is 13.2. The van der Waals surface area contributed by atoms with Gasteiger partial charge >= 0.3 is 0 Å². The minimum Gasteiger partial charge on any atom is -0.350 e. The normalized spacial score (nSPS) is 18.4. The summed E-state index contributed by atoms with van der Waals surface area (Å²) in [5.41, 5.74) is -0.00257. The second-order valence-corrected chi connectivity index (χ2v) is 4.73. The Labute approximate surface area is 119 Å². The van der Waals surface area contributed by atoms with Gasteiger partial charge in [0.2, 0.25) is 11.8 Å². The zero-order valence-corrected chi connectivity index (χ0v) is 11.5. The first kappa shape index (κ1) is 14.6. The van der Waals surface area contributed by atoms with Crippen molar-refractivity contribution in [3.8, 4) is 0 Å². The smallest absolute Gasteiger partial charge is 0.282 e. The predicted octanol–water partition coefficient (Wildman–Crippen LogP) is 0.649. The topological polar surface area (TPSA) is 110 Å². The fourth-order valence-electron chi connectivity index (χ4n) is 2.18. The van der Waals surface area contributed by atoms with Crippen molar-refractivity contribution in [2.45, 2.75) is 19.9 Å². The quantitative estimate of drug-likeness (QED) is 0.379. The number of hydrogen-bond donors (Lipinski definition) is 1. The number of nitro groups is 1. The second-order valence-electron chi connectivity index (χ2n) is 4.73. The molecule has 2 rings (SSSR count). The lowest BCUT2D eigenvalue weighted by Gasteiger charge is -2.33. The van der Waals surface area contributed by atoms with Gasteiger partial charge in [0, 0.05) is 11.8 Å². The van der Waals surface area contributed by atoms with Gasteiger partial charge in [-0.3, -0.25) is 29.8 Å². The number of rotatable bonds is 3. The van der Waals surface area contributed by atoms with E-state index < -0.39 is 28.6 Å². The number of amides is 2. The monoisotopic (exact) mass is 291 g/mol. The van der Waals surface area contributed by atoms with E-state index in [0.717, 1.165) is 0 Å². The van der Waals surface area contributed by atoms with Crippen molar-refractivity contribution in [1.82, 2.24) is 5.32 Å². The Balaban J connectivity index is 2.47. The van der Waals surface area contributed by atoms with Crippen LogP contribution in [-0.4, -0.2) is 35.1 Å². The summed E-state index contributed by atoms with van der Waals surface area (Å²) < 4.78 is 0. The minimum atomic E-state index is -0.656. The average molecular weight is 291 g/mol. The number of ketones is 1. The van der Waals surface area contributed by atoms with Crippen LogP contribution in [0.15, 0.2) is 18.2 Å². The van der Waals surface area contributed by atoms with Crippen molar-refractivity contribution in [1.29, 1.82) is 0 Å². The molecular weight excluding hydrogens is 278 g/mol. The molecule has 1 saturated heterocycles. The summed E-state index contributed by atoms with van der Waals surface area (Å²) in [4.78, 5) is 46.3. The van der Waals surface area contributed by atoms with Crippen LogP contribution < -0.4 is 10.2 Å². The van der Waals surface area contributed by atoms with Crippen molar-refractivity contribution in [2.75, 3.05) is 11.4 Å². The van der Waals surface area contributed by atoms with E-state index in [2.05, 4.69) is 5.32 Å². The molecule has 1 fully saturated rings. The van der Waals surface area contributed by atoms with Crippen LogP contribution in [-0.2, 0) is 9.59 Å². The van der Waals surface area contributed by atoms with Gasteiger partial charge in [0.25, 0.3) is 5.69 Å². The van der Waals surface area contributed by atoms with Crippen LogP contribution in [0.3, 0.4) is 0 Å². The molecule has 0 saturated carbocycles. The van der Waals surface area contributed by atoms with E-state index in [-0.39, 0.29) is 17.8 Å². The van der Waals surface area contributed by atoms with Gasteiger partial charge < -0.3 is 4.90 Å². The number of nitro benzene ring substituents is 1. The number of benzene rings is 1. The largest absolute Gasteiger partial charge is 0.350 e. The lowest BCUT2D eigenvalue weighted by molar-refractivity contribution is -0.385. The third kappa shape index (κ3) is 2.73. The van der Waals surface area contributed by atoms with Gasteiger partial charge in [0.1, 0.15) is 6.04 Å². The summed E-state index contributed by atoms with van der Waals surface area (Å²) in [5.74, 6) is -1.37. The first-order chi connectivity index (χ1) is 9.81. The third-order valence-corrected chi connectivity index (χ3v) is 3.31. The summed E-state index contributed by atoms with van der Waals surface area (Å²) in [6.45, 7) is 2.75. The fraction of sp³-hybridized carbons (Fsp3) is 0.308. The Kier molecular flexibility index (Phi) is 3.70. The zero-order chi connectivity index (χ0) is 15.7. The van der Waals surface area contributed by atoms with E-state index in [1.54, 1.807) is 6.92 Å². The molecule has 0 bridgehead atoms. The van der Waals surface area contributed by atoms with E-state index in [0.29, 0.717) is 5.69 Å². The molecule has 1 aromatic rings. The van der Waals surface area contributed by atoms with E-state index in [4.69, 9.17) is 0 Å². The van der Waals surface area contributed by atoms with Gasteiger partial charge in [-0.15, -0.1) is 0 Å². The van der Waals surface area contributed by atoms with Crippen molar-refractivity contribution in [3.05, 3.63) is 33.9 Å². The van der Waals surface area contributed by atoms with E-state index in [1.807, 2.05) is 0 Å². The molecule has 0 aromatic heterocycles. The molecule has 1 aliphatic rings. The molecule has 1 aromatic carbocycles. The predicted molar refractivity (Wildman–Crippen MR) is 73.1 cm³/mol. The van der Waals surface area contributed by atoms with Crippen LogP contribution in [0.4, 0.5) is 11.4 Å². The Morgan fingerprint density at radius 3 is 2.67 bits per heavy atom. The maximum Gasteiger partial charge on any atom is 0.282 e. The van der Waals surface area contributed by atoms with Crippen LogP contribution in [0, 0.1) is 10.1 Å². The number of piperazine rings is 1. The molecule has 0 aliphatic carbocycles. The fourth-order valence-corrected chi connectivity index (χ4v) is 2.18. The van der Waals surface area contributed by atoms with E-state index in [1.165, 1.54) is 30.0 Å². The molecule has 0 radical (unpaired) electrons. The van der Waals surface area contributed by atoms with E-state index in [9.17, 15) is 24.5 Å². The van der Waals surface area contributed by atoms with Gasteiger partial charge in [0.15, 0.2) is 5.78 Å². The van der Waals surface area contributed by atoms with Gasteiger partial charge in [0.05, 0.1) is 17.0 Å². The molecule has 8 nitrogen and oxygen atoms in total. The highest BCUT2D eigenvalue weighted by molar-refractivity contribution is 6.05. The standard InChI is InChI=1S/C13H13N3O5/c1-7-13(19)14-12(18)6-15(7)9-3-4-10(8(2)17)11(5-9)16(20)21/h3-5,7H,6H2,1-2H3,(H,14,18,19). The zero-order valence-electron chi connectivity index (χ0n) is 11.5. The first-order valence-corrected chi connectivity index (χ1v) is 6.21. The van der Waals surface area contributed by atoms with Crippen LogP contribution in [0.2, 0.25) is 0 Å². The van der Waals surface area contributed by atoms with Gasteiger partial charge in [-0.1, -0.05) is 0 Å². The molecule has 21 heavy (non-hydrogen) atoms. The molecule has 0 spiro atoms. The maximum atomic E-state index is 11.6. The molecule has 8 heteroatoms. The van der Waals surface area contributed by atoms with Gasteiger partial charge in [-0.2, -0.15) is 0 Å². The van der Waals surface area contributed by atoms with Gasteiger partial charge in [-0.25, -0.2) is 0 Å². The Morgan fingerprint density at radius 2 is 2.10 bits per heavy atom. The number of carbonyl (C=O) groups is 3. The molecule has 1 aliphatic heterocycles. The molecule has 1 unspecified atom stereocenters.